The minimum Gasteiger partial charge on any atom is -0.497 e. The van der Waals surface area contributed by atoms with Crippen molar-refractivity contribution in [1.29, 1.82) is 0 Å². The monoisotopic (exact) mass is 565 g/mol. The summed E-state index contributed by atoms with van der Waals surface area (Å²) >= 11 is 0. The highest BCUT2D eigenvalue weighted by Crippen LogP contribution is 2.31. The van der Waals surface area contributed by atoms with Gasteiger partial charge in [0.2, 0.25) is 5.91 Å². The number of anilines is 2. The number of hydrogen-bond acceptors (Lipinski definition) is 5. The molecule has 1 heterocycles. The molecular formula is C33H28FN3O5. The van der Waals surface area contributed by atoms with Gasteiger partial charge < -0.3 is 15.0 Å². The first-order chi connectivity index (χ1) is 20.3. The number of ether oxygens (including phenoxy) is 1. The van der Waals surface area contributed by atoms with Gasteiger partial charge in [-0.3, -0.25) is 24.1 Å². The number of halogens is 1. The van der Waals surface area contributed by atoms with Crippen LogP contribution < -0.4 is 15.0 Å². The average molecular weight is 566 g/mol. The van der Waals surface area contributed by atoms with Gasteiger partial charge in [-0.1, -0.05) is 48.5 Å². The molecule has 1 N–H and O–H groups in total. The fourth-order valence-electron chi connectivity index (χ4n) is 4.96. The van der Waals surface area contributed by atoms with Crippen molar-refractivity contribution in [2.24, 2.45) is 0 Å². The van der Waals surface area contributed by atoms with Crippen molar-refractivity contribution in [1.82, 2.24) is 4.90 Å². The first kappa shape index (κ1) is 28.2. The number of Topliss-reactive ketones (excluding diaryl/α,β-unsaturated/α-hetero) is 1. The van der Waals surface area contributed by atoms with Crippen molar-refractivity contribution in [3.05, 3.63) is 125 Å². The summed E-state index contributed by atoms with van der Waals surface area (Å²) in [4.78, 5) is 56.1. The summed E-state index contributed by atoms with van der Waals surface area (Å²) in [6, 6.07) is 24.7. The molecule has 3 amide bonds. The summed E-state index contributed by atoms with van der Waals surface area (Å²) < 4.78 is 19.7. The first-order valence-corrected chi connectivity index (χ1v) is 13.3. The summed E-state index contributed by atoms with van der Waals surface area (Å²) in [5, 5.41) is 2.83. The normalized spacial score (nSPS) is 13.0. The topological polar surface area (TPSA) is 96.0 Å². The highest BCUT2D eigenvalue weighted by Gasteiger charge is 2.39. The third-order valence-electron chi connectivity index (χ3n) is 7.18. The molecule has 212 valence electrons. The van der Waals surface area contributed by atoms with E-state index in [1.165, 1.54) is 36.3 Å². The van der Waals surface area contributed by atoms with Crippen molar-refractivity contribution < 1.29 is 28.3 Å². The number of para-hydroxylation sites is 1. The highest BCUT2D eigenvalue weighted by molar-refractivity contribution is 6.52. The third-order valence-corrected chi connectivity index (χ3v) is 7.18. The average Bonchev–Trinajstić information content (AvgIpc) is 3.23. The summed E-state index contributed by atoms with van der Waals surface area (Å²) in [5.41, 5.74) is 2.85. The number of ketones is 1. The molecule has 0 fully saturated rings. The number of methoxy groups -OCH3 is 1. The minimum absolute atomic E-state index is 0.0135. The molecule has 8 nitrogen and oxygen atoms in total. The Morgan fingerprint density at radius 3 is 2.36 bits per heavy atom. The lowest BCUT2D eigenvalue weighted by molar-refractivity contribution is -0.139. The van der Waals surface area contributed by atoms with Gasteiger partial charge in [0.25, 0.3) is 17.6 Å². The van der Waals surface area contributed by atoms with Gasteiger partial charge in [-0.2, -0.15) is 0 Å². The molecule has 1 atom stereocenters. The number of carbonyl (C=O) groups is 4. The second-order valence-electron chi connectivity index (χ2n) is 9.86. The zero-order valence-electron chi connectivity index (χ0n) is 23.0. The number of nitrogens with zero attached hydrogens (tertiary/aromatic N) is 2. The summed E-state index contributed by atoms with van der Waals surface area (Å²) in [5.74, 6) is -2.70. The SMILES string of the molecule is COc1ccc(NC(=O)C(c2cccc(F)c2)N(Cc2ccccc2C)C(=O)CN2C(=O)C(=O)c3ccccc32)cc1. The lowest BCUT2D eigenvalue weighted by atomic mass is 10.0. The summed E-state index contributed by atoms with van der Waals surface area (Å²) in [6.45, 7) is 1.38. The molecule has 0 spiro atoms. The van der Waals surface area contributed by atoms with Crippen LogP contribution in [0.25, 0.3) is 0 Å². The molecule has 0 aliphatic carbocycles. The smallest absolute Gasteiger partial charge is 0.299 e. The lowest BCUT2D eigenvalue weighted by Crippen LogP contribution is -2.46. The van der Waals surface area contributed by atoms with Gasteiger partial charge in [0.05, 0.1) is 18.4 Å². The lowest BCUT2D eigenvalue weighted by Gasteiger charge is -2.33. The maximum atomic E-state index is 14.5. The Kier molecular flexibility index (Phi) is 8.10. The van der Waals surface area contributed by atoms with Gasteiger partial charge >= 0.3 is 0 Å². The molecule has 42 heavy (non-hydrogen) atoms. The van der Waals surface area contributed by atoms with Crippen molar-refractivity contribution in [2.45, 2.75) is 19.5 Å². The molecule has 4 aromatic carbocycles. The van der Waals surface area contributed by atoms with E-state index in [1.807, 2.05) is 31.2 Å². The zero-order valence-corrected chi connectivity index (χ0v) is 23.0. The van der Waals surface area contributed by atoms with Gasteiger partial charge in [0.1, 0.15) is 24.2 Å². The molecule has 1 aliphatic heterocycles. The molecule has 0 aromatic heterocycles. The van der Waals surface area contributed by atoms with E-state index in [9.17, 15) is 23.6 Å². The quantitative estimate of drug-likeness (QED) is 0.286. The van der Waals surface area contributed by atoms with Crippen LogP contribution in [0.4, 0.5) is 15.8 Å². The van der Waals surface area contributed by atoms with Crippen LogP contribution in [0.2, 0.25) is 0 Å². The largest absolute Gasteiger partial charge is 0.497 e. The van der Waals surface area contributed by atoms with E-state index in [4.69, 9.17) is 4.74 Å². The molecule has 9 heteroatoms. The Morgan fingerprint density at radius 1 is 0.929 bits per heavy atom. The van der Waals surface area contributed by atoms with E-state index in [1.54, 1.807) is 48.5 Å². The van der Waals surface area contributed by atoms with Crippen LogP contribution >= 0.6 is 0 Å². The van der Waals surface area contributed by atoms with Crippen molar-refractivity contribution in [2.75, 3.05) is 23.9 Å². The minimum atomic E-state index is -1.28. The van der Waals surface area contributed by atoms with Gasteiger partial charge in [-0.25, -0.2) is 4.39 Å². The molecule has 0 radical (unpaired) electrons. The highest BCUT2D eigenvalue weighted by atomic mass is 19.1. The van der Waals surface area contributed by atoms with Crippen LogP contribution in [-0.2, 0) is 20.9 Å². The maximum Gasteiger partial charge on any atom is 0.299 e. The number of fused-ring (bicyclic) bond motifs is 1. The van der Waals surface area contributed by atoms with Gasteiger partial charge in [-0.15, -0.1) is 0 Å². The number of amides is 3. The predicted octanol–water partition coefficient (Wildman–Crippen LogP) is 5.08. The Labute approximate surface area is 242 Å². The Bertz CT molecular complexity index is 1670. The fourth-order valence-corrected chi connectivity index (χ4v) is 4.96. The molecule has 0 saturated carbocycles. The van der Waals surface area contributed by atoms with Gasteiger partial charge in [-0.05, 0) is 72.1 Å². The maximum absolute atomic E-state index is 14.5. The first-order valence-electron chi connectivity index (χ1n) is 13.3. The van der Waals surface area contributed by atoms with E-state index in [2.05, 4.69) is 5.32 Å². The molecule has 0 saturated heterocycles. The molecule has 4 aromatic rings. The summed E-state index contributed by atoms with van der Waals surface area (Å²) in [6.07, 6.45) is 0. The molecule has 1 unspecified atom stereocenters. The number of hydrogen-bond donors (Lipinski definition) is 1. The van der Waals surface area contributed by atoms with E-state index in [0.717, 1.165) is 16.0 Å². The van der Waals surface area contributed by atoms with Crippen LogP contribution in [-0.4, -0.2) is 42.1 Å². The van der Waals surface area contributed by atoms with Crippen molar-refractivity contribution >= 4 is 34.9 Å². The molecule has 5 rings (SSSR count). The van der Waals surface area contributed by atoms with E-state index < -0.39 is 41.9 Å². The van der Waals surface area contributed by atoms with Gasteiger partial charge in [0, 0.05) is 12.2 Å². The van der Waals surface area contributed by atoms with E-state index >= 15 is 0 Å². The predicted molar refractivity (Wildman–Crippen MR) is 156 cm³/mol. The Morgan fingerprint density at radius 2 is 1.64 bits per heavy atom. The molecular weight excluding hydrogens is 537 g/mol. The second-order valence-corrected chi connectivity index (χ2v) is 9.86. The number of benzene rings is 4. The molecule has 0 bridgehead atoms. The fraction of sp³-hybridized carbons (Fsp3) is 0.152. The van der Waals surface area contributed by atoms with Gasteiger partial charge in [0.15, 0.2) is 0 Å². The Hall–Kier alpha value is -5.31. The van der Waals surface area contributed by atoms with Crippen LogP contribution in [0.1, 0.15) is 33.1 Å². The van der Waals surface area contributed by atoms with Crippen LogP contribution in [0.5, 0.6) is 5.75 Å². The van der Waals surface area contributed by atoms with E-state index in [0.29, 0.717) is 17.1 Å². The number of rotatable bonds is 9. The van der Waals surface area contributed by atoms with Crippen LogP contribution in [0.15, 0.2) is 97.1 Å². The van der Waals surface area contributed by atoms with Crippen LogP contribution in [0, 0.1) is 12.7 Å². The number of carbonyl (C=O) groups excluding carboxylic acids is 4. The zero-order chi connectivity index (χ0) is 29.8. The third kappa shape index (κ3) is 5.76. The van der Waals surface area contributed by atoms with Crippen LogP contribution in [0.3, 0.4) is 0 Å². The second kappa shape index (κ2) is 12.1. The van der Waals surface area contributed by atoms with Crippen molar-refractivity contribution in [3.63, 3.8) is 0 Å². The Balaban J connectivity index is 1.56. The summed E-state index contributed by atoms with van der Waals surface area (Å²) in [7, 11) is 1.53. The molecule has 1 aliphatic rings. The number of aryl methyl sites for hydroxylation is 1. The number of nitrogens with one attached hydrogen (secondary N) is 1. The van der Waals surface area contributed by atoms with E-state index in [-0.39, 0.29) is 17.7 Å². The standard InChI is InChI=1S/C33H28FN3O5/c1-21-8-3-4-9-23(21)19-37(29(38)20-36-28-13-6-5-12-27(28)31(39)33(36)41)30(22-10-7-11-24(34)18-22)32(40)35-25-14-16-26(42-2)17-15-25/h3-18,30H,19-20H2,1-2H3,(H,35,40). The van der Waals surface area contributed by atoms with Crippen molar-refractivity contribution in [3.8, 4) is 5.75 Å².